The number of anilines is 1. The number of benzene rings is 1. The number of nitrogens with zero attached hydrogens (tertiary/aromatic N) is 1. The average molecular weight is 295 g/mol. The molecule has 0 saturated carbocycles. The molecule has 1 unspecified atom stereocenters. The molecule has 0 aliphatic carbocycles. The number of ether oxygens (including phenoxy) is 1. The van der Waals surface area contributed by atoms with Gasteiger partial charge in [0.25, 0.3) is 5.91 Å². The summed E-state index contributed by atoms with van der Waals surface area (Å²) in [6, 6.07) is 5.64. The minimum absolute atomic E-state index is 0.0239. The number of carbonyl (C=O) groups excluding carboxylic acids is 1. The maximum absolute atomic E-state index is 12.0. The standard InChI is InChI=1S/C14H17NO6/c1-9(13(17)18)7-15(12(16)8-21-2)11-5-3-10(4-6-11)14(19)20/h3-6,9H,7-8H2,1-2H3,(H,17,18)(H,19,20). The highest BCUT2D eigenvalue weighted by Gasteiger charge is 2.22. The van der Waals surface area contributed by atoms with Crippen LogP contribution < -0.4 is 4.90 Å². The van der Waals surface area contributed by atoms with Gasteiger partial charge in [-0.05, 0) is 24.3 Å². The topological polar surface area (TPSA) is 104 Å². The molecule has 2 N–H and O–H groups in total. The van der Waals surface area contributed by atoms with E-state index in [4.69, 9.17) is 14.9 Å². The van der Waals surface area contributed by atoms with Gasteiger partial charge in [0, 0.05) is 19.3 Å². The fourth-order valence-electron chi connectivity index (χ4n) is 1.69. The Morgan fingerprint density at radius 1 is 1.19 bits per heavy atom. The highest BCUT2D eigenvalue weighted by molar-refractivity contribution is 5.95. The largest absolute Gasteiger partial charge is 0.481 e. The second-order valence-corrected chi connectivity index (χ2v) is 4.53. The molecule has 1 amide bonds. The second kappa shape index (κ2) is 7.39. The molecule has 114 valence electrons. The predicted molar refractivity (Wildman–Crippen MR) is 74.4 cm³/mol. The lowest BCUT2D eigenvalue weighted by atomic mass is 10.1. The Bertz CT molecular complexity index is 525. The minimum atomic E-state index is -1.07. The molecule has 1 atom stereocenters. The zero-order valence-electron chi connectivity index (χ0n) is 11.8. The Kier molecular flexibility index (Phi) is 5.86. The predicted octanol–water partition coefficient (Wildman–Crippen LogP) is 1.08. The van der Waals surface area contributed by atoms with Crippen LogP contribution in [0.25, 0.3) is 0 Å². The van der Waals surface area contributed by atoms with E-state index in [1.165, 1.54) is 43.2 Å². The molecule has 0 saturated heterocycles. The van der Waals surface area contributed by atoms with Gasteiger partial charge in [-0.15, -0.1) is 0 Å². The van der Waals surface area contributed by atoms with Crippen LogP contribution in [0.5, 0.6) is 0 Å². The van der Waals surface area contributed by atoms with Gasteiger partial charge in [-0.1, -0.05) is 6.92 Å². The van der Waals surface area contributed by atoms with E-state index in [9.17, 15) is 14.4 Å². The number of carbonyl (C=O) groups is 3. The molecule has 0 heterocycles. The minimum Gasteiger partial charge on any atom is -0.481 e. The Labute approximate surface area is 121 Å². The van der Waals surface area contributed by atoms with E-state index in [2.05, 4.69) is 0 Å². The van der Waals surface area contributed by atoms with Crippen molar-refractivity contribution < 1.29 is 29.3 Å². The number of carboxylic acids is 2. The van der Waals surface area contributed by atoms with Crippen LogP contribution in [0.1, 0.15) is 17.3 Å². The summed E-state index contributed by atoms with van der Waals surface area (Å²) in [6.45, 7) is 1.28. The van der Waals surface area contributed by atoms with E-state index < -0.39 is 23.8 Å². The van der Waals surface area contributed by atoms with E-state index >= 15 is 0 Å². The molecule has 1 rings (SSSR count). The van der Waals surface area contributed by atoms with Gasteiger partial charge in [0.05, 0.1) is 11.5 Å². The van der Waals surface area contributed by atoms with Crippen molar-refractivity contribution in [3.05, 3.63) is 29.8 Å². The normalized spacial score (nSPS) is 11.7. The molecule has 0 bridgehead atoms. The van der Waals surface area contributed by atoms with Gasteiger partial charge in [-0.25, -0.2) is 4.79 Å². The summed E-state index contributed by atoms with van der Waals surface area (Å²) in [5.74, 6) is -3.25. The third kappa shape index (κ3) is 4.57. The van der Waals surface area contributed by atoms with Crippen LogP contribution in [-0.4, -0.2) is 48.3 Å². The van der Waals surface area contributed by atoms with Gasteiger partial charge in [0.1, 0.15) is 6.61 Å². The molecule has 1 aromatic rings. The van der Waals surface area contributed by atoms with Crippen molar-refractivity contribution >= 4 is 23.5 Å². The fraction of sp³-hybridized carbons (Fsp3) is 0.357. The molecular formula is C14H17NO6. The summed E-state index contributed by atoms with van der Waals surface area (Å²) in [5, 5.41) is 17.8. The van der Waals surface area contributed by atoms with Crippen LogP contribution in [0, 0.1) is 5.92 Å². The summed E-state index contributed by atoms with van der Waals surface area (Å²) in [6.07, 6.45) is 0. The molecule has 7 nitrogen and oxygen atoms in total. The molecule has 1 aromatic carbocycles. The maximum Gasteiger partial charge on any atom is 0.335 e. The van der Waals surface area contributed by atoms with Crippen LogP contribution in [0.2, 0.25) is 0 Å². The highest BCUT2D eigenvalue weighted by Crippen LogP contribution is 2.18. The van der Waals surface area contributed by atoms with E-state index in [1.54, 1.807) is 0 Å². The van der Waals surface area contributed by atoms with Crippen molar-refractivity contribution in [1.82, 2.24) is 0 Å². The van der Waals surface area contributed by atoms with Crippen LogP contribution in [0.4, 0.5) is 5.69 Å². The first-order valence-electron chi connectivity index (χ1n) is 6.22. The summed E-state index contributed by atoms with van der Waals surface area (Å²) >= 11 is 0. The molecule has 0 aliphatic heterocycles. The second-order valence-electron chi connectivity index (χ2n) is 4.53. The molecule has 7 heteroatoms. The number of hydrogen-bond donors (Lipinski definition) is 2. The zero-order chi connectivity index (χ0) is 16.0. The van der Waals surface area contributed by atoms with Gasteiger partial charge in [-0.2, -0.15) is 0 Å². The molecule has 0 spiro atoms. The van der Waals surface area contributed by atoms with Crippen LogP contribution in [-0.2, 0) is 14.3 Å². The lowest BCUT2D eigenvalue weighted by Crippen LogP contribution is -2.39. The molecule has 0 radical (unpaired) electrons. The third-order valence-electron chi connectivity index (χ3n) is 2.87. The number of carboxylic acid groups (broad SMARTS) is 2. The number of amides is 1. The fourth-order valence-corrected chi connectivity index (χ4v) is 1.69. The van der Waals surface area contributed by atoms with Gasteiger partial charge in [0.15, 0.2) is 0 Å². The van der Waals surface area contributed by atoms with Gasteiger partial charge in [0.2, 0.25) is 0 Å². The quantitative estimate of drug-likeness (QED) is 0.780. The van der Waals surface area contributed by atoms with Crippen LogP contribution >= 0.6 is 0 Å². The first-order chi connectivity index (χ1) is 9.86. The Balaban J connectivity index is 3.02. The van der Waals surface area contributed by atoms with Crippen LogP contribution in [0.3, 0.4) is 0 Å². The monoisotopic (exact) mass is 295 g/mol. The van der Waals surface area contributed by atoms with E-state index in [1.807, 2.05) is 0 Å². The molecular weight excluding hydrogens is 278 g/mol. The Morgan fingerprint density at radius 3 is 2.19 bits per heavy atom. The summed E-state index contributed by atoms with van der Waals surface area (Å²) in [4.78, 5) is 35.0. The van der Waals surface area contributed by atoms with E-state index in [0.29, 0.717) is 5.69 Å². The summed E-state index contributed by atoms with van der Waals surface area (Å²) in [5.41, 5.74) is 0.513. The number of rotatable bonds is 7. The van der Waals surface area contributed by atoms with Gasteiger partial charge < -0.3 is 19.8 Å². The Hall–Kier alpha value is -2.41. The van der Waals surface area contributed by atoms with Crippen molar-refractivity contribution in [3.63, 3.8) is 0 Å². The lowest BCUT2D eigenvalue weighted by molar-refractivity contribution is -0.140. The smallest absolute Gasteiger partial charge is 0.335 e. The SMILES string of the molecule is COCC(=O)N(CC(C)C(=O)O)c1ccc(C(=O)O)cc1. The molecule has 0 fully saturated rings. The zero-order valence-corrected chi connectivity index (χ0v) is 11.8. The van der Waals surface area contributed by atoms with Crippen molar-refractivity contribution in [2.24, 2.45) is 5.92 Å². The van der Waals surface area contributed by atoms with E-state index in [0.717, 1.165) is 0 Å². The van der Waals surface area contributed by atoms with Crippen molar-refractivity contribution in [1.29, 1.82) is 0 Å². The van der Waals surface area contributed by atoms with Crippen molar-refractivity contribution in [2.45, 2.75) is 6.92 Å². The number of aliphatic carboxylic acids is 1. The molecule has 0 aromatic heterocycles. The molecule has 21 heavy (non-hydrogen) atoms. The van der Waals surface area contributed by atoms with Crippen molar-refractivity contribution in [3.8, 4) is 0 Å². The number of hydrogen-bond acceptors (Lipinski definition) is 4. The van der Waals surface area contributed by atoms with Crippen LogP contribution in [0.15, 0.2) is 24.3 Å². The average Bonchev–Trinajstić information content (AvgIpc) is 2.44. The van der Waals surface area contributed by atoms with Crippen molar-refractivity contribution in [2.75, 3.05) is 25.2 Å². The Morgan fingerprint density at radius 2 is 1.76 bits per heavy atom. The van der Waals surface area contributed by atoms with Gasteiger partial charge >= 0.3 is 11.9 Å². The molecule has 0 aliphatic rings. The number of methoxy groups -OCH3 is 1. The summed E-state index contributed by atoms with van der Waals surface area (Å²) < 4.78 is 4.78. The number of aromatic carboxylic acids is 1. The third-order valence-corrected chi connectivity index (χ3v) is 2.87. The van der Waals surface area contributed by atoms with E-state index in [-0.39, 0.29) is 18.7 Å². The first-order valence-corrected chi connectivity index (χ1v) is 6.22. The van der Waals surface area contributed by atoms with Gasteiger partial charge in [-0.3, -0.25) is 9.59 Å². The maximum atomic E-state index is 12.0. The highest BCUT2D eigenvalue weighted by atomic mass is 16.5. The first kappa shape index (κ1) is 16.6. The summed E-state index contributed by atoms with van der Waals surface area (Å²) in [7, 11) is 1.37. The lowest BCUT2D eigenvalue weighted by Gasteiger charge is -2.24.